The Kier molecular flexibility index (Phi) is 8.14. The highest BCUT2D eigenvalue weighted by Crippen LogP contribution is 2.29. The highest BCUT2D eigenvalue weighted by molar-refractivity contribution is 6.00. The Morgan fingerprint density at radius 2 is 1.70 bits per heavy atom. The second kappa shape index (κ2) is 12.5. The number of fused-ring (bicyclic) bond motifs is 1. The van der Waals surface area contributed by atoms with Crippen LogP contribution in [0, 0.1) is 0 Å². The van der Waals surface area contributed by atoms with Gasteiger partial charge in [-0.1, -0.05) is 54.6 Å². The predicted molar refractivity (Wildman–Crippen MR) is 169 cm³/mol. The lowest BCUT2D eigenvalue weighted by Gasteiger charge is -2.29. The lowest BCUT2D eigenvalue weighted by molar-refractivity contribution is -0.138. The van der Waals surface area contributed by atoms with Gasteiger partial charge in [0.2, 0.25) is 5.91 Å². The summed E-state index contributed by atoms with van der Waals surface area (Å²) in [6, 6.07) is 23.3. The smallest absolute Gasteiger partial charge is 0.408 e. The Balaban J connectivity index is 1.17. The van der Waals surface area contributed by atoms with Gasteiger partial charge in [-0.3, -0.25) is 9.59 Å². The molecule has 0 saturated carbocycles. The van der Waals surface area contributed by atoms with Crippen molar-refractivity contribution in [1.82, 2.24) is 25.2 Å². The quantitative estimate of drug-likeness (QED) is 0.175. The number of rotatable bonds is 8. The van der Waals surface area contributed by atoms with Crippen molar-refractivity contribution in [3.8, 4) is 22.5 Å². The molecule has 0 spiro atoms. The number of hydrogen-bond acceptors (Lipinski definition) is 5. The van der Waals surface area contributed by atoms with Gasteiger partial charge in [-0.2, -0.15) is 0 Å². The molecule has 2 aromatic heterocycles. The zero-order valence-electron chi connectivity index (χ0n) is 24.5. The monoisotopic (exact) mass is 590 g/mol. The molecule has 1 aliphatic heterocycles. The molecule has 6 rings (SSSR count). The maximum atomic E-state index is 13.8. The first-order valence-electron chi connectivity index (χ1n) is 14.7. The number of alkyl carbamates (subject to hydrolysis) is 1. The fourth-order valence-electron chi connectivity index (χ4n) is 5.60. The van der Waals surface area contributed by atoms with E-state index in [-0.39, 0.29) is 17.9 Å². The van der Waals surface area contributed by atoms with Crippen molar-refractivity contribution in [2.45, 2.75) is 44.9 Å². The number of carbonyl (C=O) groups excluding carboxylic acids is 3. The molecule has 0 aliphatic carbocycles. The Hall–Kier alpha value is -5.38. The van der Waals surface area contributed by atoms with Gasteiger partial charge < -0.3 is 30.2 Å². The van der Waals surface area contributed by atoms with Crippen molar-refractivity contribution in [3.05, 3.63) is 97.0 Å². The molecule has 10 heteroatoms. The van der Waals surface area contributed by atoms with Crippen LogP contribution in [0.3, 0.4) is 0 Å². The number of hydrogen-bond donors (Lipinski definition) is 4. The van der Waals surface area contributed by atoms with Crippen LogP contribution in [0.2, 0.25) is 0 Å². The van der Waals surface area contributed by atoms with E-state index in [0.29, 0.717) is 30.6 Å². The summed E-state index contributed by atoms with van der Waals surface area (Å²) in [7, 11) is 0. The molecule has 4 N–H and O–H groups in total. The van der Waals surface area contributed by atoms with Gasteiger partial charge in [0, 0.05) is 28.8 Å². The van der Waals surface area contributed by atoms with Crippen molar-refractivity contribution >= 4 is 34.5 Å². The van der Waals surface area contributed by atoms with Crippen LogP contribution < -0.4 is 10.6 Å². The lowest BCUT2D eigenvalue weighted by Crippen LogP contribution is -2.48. The topological polar surface area (TPSA) is 132 Å². The van der Waals surface area contributed by atoms with E-state index in [1.54, 1.807) is 55.5 Å². The van der Waals surface area contributed by atoms with Crippen LogP contribution >= 0.6 is 0 Å². The summed E-state index contributed by atoms with van der Waals surface area (Å²) in [6.45, 7) is 3.90. The molecule has 0 bridgehead atoms. The molecule has 0 radical (unpaired) electrons. The summed E-state index contributed by atoms with van der Waals surface area (Å²) in [5, 5.41) is 6.67. The summed E-state index contributed by atoms with van der Waals surface area (Å²) < 4.78 is 5.25. The first kappa shape index (κ1) is 28.7. The molecule has 224 valence electrons. The predicted octanol–water partition coefficient (Wildman–Crippen LogP) is 6.03. The highest BCUT2D eigenvalue weighted by atomic mass is 16.6. The van der Waals surface area contributed by atoms with Gasteiger partial charge in [0.1, 0.15) is 12.1 Å². The average molecular weight is 591 g/mol. The number of H-pyrrole nitrogens is 2. The van der Waals surface area contributed by atoms with Crippen LogP contribution in [-0.4, -0.2) is 56.5 Å². The van der Waals surface area contributed by atoms with Crippen LogP contribution in [0.1, 0.15) is 38.3 Å². The Bertz CT molecular complexity index is 1760. The third kappa shape index (κ3) is 6.19. The second-order valence-electron chi connectivity index (χ2n) is 11.1. The van der Waals surface area contributed by atoms with Gasteiger partial charge in [-0.05, 0) is 67.6 Å². The first-order valence-corrected chi connectivity index (χ1v) is 14.7. The summed E-state index contributed by atoms with van der Waals surface area (Å²) in [4.78, 5) is 52.0. The summed E-state index contributed by atoms with van der Waals surface area (Å²) in [5.41, 5.74) is 6.20. The van der Waals surface area contributed by atoms with Crippen LogP contribution in [0.25, 0.3) is 33.4 Å². The molecule has 44 heavy (non-hydrogen) atoms. The van der Waals surface area contributed by atoms with Crippen molar-refractivity contribution in [3.63, 3.8) is 0 Å². The summed E-state index contributed by atoms with van der Waals surface area (Å²) in [6.07, 6.45) is 3.63. The van der Waals surface area contributed by atoms with Gasteiger partial charge in [0.05, 0.1) is 24.3 Å². The number of nitrogens with zero attached hydrogens (tertiary/aromatic N) is 2. The fourth-order valence-corrected chi connectivity index (χ4v) is 5.60. The molecular formula is C34H34N6O4. The average Bonchev–Trinajstić information content (AvgIpc) is 3.81. The van der Waals surface area contributed by atoms with Gasteiger partial charge in [0.15, 0.2) is 0 Å². The van der Waals surface area contributed by atoms with Crippen LogP contribution in [-0.2, 0) is 14.3 Å². The van der Waals surface area contributed by atoms with Crippen LogP contribution in [0.15, 0.2) is 91.4 Å². The third-order valence-electron chi connectivity index (χ3n) is 7.72. The normalized spacial score (nSPS) is 15.3. The number of imidazole rings is 1. The number of anilines is 1. The zero-order valence-corrected chi connectivity index (χ0v) is 24.5. The minimum Gasteiger partial charge on any atom is -0.447 e. The summed E-state index contributed by atoms with van der Waals surface area (Å²) >= 11 is 0. The van der Waals surface area contributed by atoms with E-state index in [1.807, 2.05) is 42.5 Å². The molecule has 5 aromatic rings. The molecule has 1 aliphatic rings. The number of carbonyl (C=O) groups is 3. The maximum Gasteiger partial charge on any atom is 0.408 e. The molecule has 10 nitrogen and oxygen atoms in total. The lowest BCUT2D eigenvalue weighted by atomic mass is 10.0. The summed E-state index contributed by atoms with van der Waals surface area (Å²) in [5.74, 6) is -0.615. The van der Waals surface area contributed by atoms with E-state index in [9.17, 15) is 14.4 Å². The van der Waals surface area contributed by atoms with Crippen molar-refractivity contribution < 1.29 is 19.1 Å². The first-order chi connectivity index (χ1) is 21.4. The number of benzene rings is 3. The van der Waals surface area contributed by atoms with Gasteiger partial charge in [0.25, 0.3) is 5.91 Å². The second-order valence-corrected chi connectivity index (χ2v) is 11.1. The fraction of sp³-hybridized carbons (Fsp3) is 0.235. The number of ether oxygens (including phenoxy) is 1. The molecule has 3 amide bonds. The number of amides is 3. The largest absolute Gasteiger partial charge is 0.447 e. The van der Waals surface area contributed by atoms with E-state index in [2.05, 4.69) is 37.7 Å². The SMILES string of the molecule is CC(C)OC(=O)N[C@@H](C(=O)N1CCC[C@H]1C(=O)Nc1ccc2[nH]c(-c3ccc(-c4cnc[nH]4)cc3)cc2c1)c1ccccc1. The Labute approximate surface area is 254 Å². The number of aromatic amines is 2. The van der Waals surface area contributed by atoms with Gasteiger partial charge >= 0.3 is 6.09 Å². The number of aromatic nitrogens is 3. The maximum absolute atomic E-state index is 13.8. The highest BCUT2D eigenvalue weighted by Gasteiger charge is 2.38. The van der Waals surface area contributed by atoms with E-state index in [1.165, 1.54) is 0 Å². The molecular weight excluding hydrogens is 556 g/mol. The standard InChI is InChI=1S/C34H34N6O4/c1-21(2)44-34(43)39-31(24-7-4-3-5-8-24)33(42)40-16-6-9-30(40)32(41)37-26-14-15-27-25(17-26)18-28(38-27)22-10-12-23(13-11-22)29-19-35-20-36-29/h3-5,7-8,10-15,17-21,30-31,38H,6,9,16H2,1-2H3,(H,35,36)(H,37,41)(H,39,43)/t30-,31+/m0/s1. The third-order valence-corrected chi connectivity index (χ3v) is 7.72. The zero-order chi connectivity index (χ0) is 30.6. The van der Waals surface area contributed by atoms with Crippen molar-refractivity contribution in [1.29, 1.82) is 0 Å². The number of likely N-dealkylation sites (tertiary alicyclic amines) is 1. The van der Waals surface area contributed by atoms with Crippen LogP contribution in [0.5, 0.6) is 0 Å². The van der Waals surface area contributed by atoms with E-state index in [4.69, 9.17) is 4.74 Å². The molecule has 3 heterocycles. The van der Waals surface area contributed by atoms with Crippen molar-refractivity contribution in [2.24, 2.45) is 0 Å². The molecule has 2 atom stereocenters. The molecule has 0 unspecified atom stereocenters. The minimum atomic E-state index is -0.973. The molecule has 3 aromatic carbocycles. The van der Waals surface area contributed by atoms with Gasteiger partial charge in [-0.25, -0.2) is 9.78 Å². The van der Waals surface area contributed by atoms with E-state index < -0.39 is 18.2 Å². The molecule has 1 saturated heterocycles. The van der Waals surface area contributed by atoms with E-state index >= 15 is 0 Å². The van der Waals surface area contributed by atoms with E-state index in [0.717, 1.165) is 33.4 Å². The number of nitrogens with one attached hydrogen (secondary N) is 4. The van der Waals surface area contributed by atoms with Crippen LogP contribution in [0.4, 0.5) is 10.5 Å². The minimum absolute atomic E-state index is 0.267. The van der Waals surface area contributed by atoms with Crippen molar-refractivity contribution in [2.75, 3.05) is 11.9 Å². The Morgan fingerprint density at radius 3 is 2.41 bits per heavy atom. The Morgan fingerprint density at radius 1 is 0.955 bits per heavy atom. The van der Waals surface area contributed by atoms with Gasteiger partial charge in [-0.15, -0.1) is 0 Å². The molecule has 1 fully saturated rings.